The van der Waals surface area contributed by atoms with Gasteiger partial charge in [0.1, 0.15) is 29.3 Å². The molecule has 0 saturated carbocycles. The van der Waals surface area contributed by atoms with Crippen LogP contribution < -0.4 is 14.8 Å². The Kier molecular flexibility index (Phi) is 6.40. The molecule has 0 aliphatic carbocycles. The molecule has 1 aromatic heterocycles. The maximum atomic E-state index is 13.6. The van der Waals surface area contributed by atoms with E-state index in [1.54, 1.807) is 13.0 Å². The highest BCUT2D eigenvalue weighted by Gasteiger charge is 2.34. The van der Waals surface area contributed by atoms with Crippen molar-refractivity contribution in [2.24, 2.45) is 0 Å². The molecule has 4 aromatic rings. The van der Waals surface area contributed by atoms with Crippen LogP contribution in [0, 0.1) is 6.92 Å². The molecule has 8 bridgehead atoms. The van der Waals surface area contributed by atoms with Gasteiger partial charge in [-0.3, -0.25) is 9.59 Å². The predicted octanol–water partition coefficient (Wildman–Crippen LogP) is 4.78. The minimum atomic E-state index is -0.388. The fourth-order valence-electron chi connectivity index (χ4n) is 5.08. The molecule has 3 aliphatic heterocycles. The smallest absolute Gasteiger partial charge is 0.276 e. The molecule has 0 spiro atoms. The maximum absolute atomic E-state index is 13.6. The molecule has 9 heteroatoms. The van der Waals surface area contributed by atoms with Gasteiger partial charge in [0.15, 0.2) is 11.6 Å². The molecule has 0 saturated heterocycles. The topological polar surface area (TPSA) is 114 Å². The van der Waals surface area contributed by atoms with Gasteiger partial charge in [-0.15, -0.1) is 0 Å². The first-order valence-electron chi connectivity index (χ1n) is 12.8. The summed E-state index contributed by atoms with van der Waals surface area (Å²) in [7, 11) is 0. The van der Waals surface area contributed by atoms with Crippen LogP contribution in [-0.2, 0) is 6.42 Å². The van der Waals surface area contributed by atoms with Crippen molar-refractivity contribution in [3.05, 3.63) is 101 Å². The van der Waals surface area contributed by atoms with E-state index in [9.17, 15) is 14.7 Å². The number of amides is 2. The van der Waals surface area contributed by atoms with Gasteiger partial charge < -0.3 is 29.2 Å². The van der Waals surface area contributed by atoms with Gasteiger partial charge >= 0.3 is 0 Å². The van der Waals surface area contributed by atoms with Crippen molar-refractivity contribution in [2.45, 2.75) is 25.8 Å². The van der Waals surface area contributed by atoms with Gasteiger partial charge in [-0.2, -0.15) is 0 Å². The lowest BCUT2D eigenvalue weighted by atomic mass is 9.87. The van der Waals surface area contributed by atoms with Crippen LogP contribution >= 0.6 is 0 Å². The van der Waals surface area contributed by atoms with E-state index in [1.165, 1.54) is 18.4 Å². The molecule has 2 amide bonds. The lowest BCUT2D eigenvalue weighted by Crippen LogP contribution is -2.40. The number of benzene rings is 3. The van der Waals surface area contributed by atoms with E-state index in [0.29, 0.717) is 55.7 Å². The van der Waals surface area contributed by atoms with Crippen molar-refractivity contribution in [1.82, 2.24) is 15.2 Å². The van der Waals surface area contributed by atoms with Crippen molar-refractivity contribution in [1.29, 1.82) is 0 Å². The summed E-state index contributed by atoms with van der Waals surface area (Å²) in [6.07, 6.45) is 2.58. The van der Waals surface area contributed by atoms with E-state index in [-0.39, 0.29) is 34.9 Å². The van der Waals surface area contributed by atoms with Crippen LogP contribution in [0.25, 0.3) is 0 Å². The van der Waals surface area contributed by atoms with Crippen LogP contribution in [0.15, 0.2) is 71.3 Å². The number of nitrogens with one attached hydrogen (secondary N) is 1. The molecule has 4 heterocycles. The maximum Gasteiger partial charge on any atom is 0.276 e. The first kappa shape index (κ1) is 24.5. The first-order valence-corrected chi connectivity index (χ1v) is 12.8. The number of ether oxygens (including phenoxy) is 2. The second-order valence-corrected chi connectivity index (χ2v) is 9.57. The third-order valence-corrected chi connectivity index (χ3v) is 6.94. The summed E-state index contributed by atoms with van der Waals surface area (Å²) in [6.45, 7) is 2.93. The molecule has 198 valence electrons. The molecule has 7 rings (SSSR count). The summed E-state index contributed by atoms with van der Waals surface area (Å²) in [5, 5.41) is 13.1. The van der Waals surface area contributed by atoms with Crippen LogP contribution in [-0.4, -0.2) is 46.5 Å². The minimum absolute atomic E-state index is 0.123. The molecule has 9 nitrogen and oxygen atoms in total. The Morgan fingerprint density at radius 2 is 1.92 bits per heavy atom. The van der Waals surface area contributed by atoms with Crippen molar-refractivity contribution >= 4 is 11.8 Å². The highest BCUT2D eigenvalue weighted by molar-refractivity contribution is 5.97. The summed E-state index contributed by atoms with van der Waals surface area (Å²) >= 11 is 0. The Morgan fingerprint density at radius 1 is 1.08 bits per heavy atom. The molecule has 0 radical (unpaired) electrons. The summed E-state index contributed by atoms with van der Waals surface area (Å²) in [6, 6.07) is 17.7. The number of fused-ring (bicyclic) bond motifs is 6. The largest absolute Gasteiger partial charge is 0.507 e. The third-order valence-electron chi connectivity index (χ3n) is 6.94. The Labute approximate surface area is 225 Å². The molecule has 3 aromatic carbocycles. The number of aryl methyl sites for hydroxylation is 1. The number of phenols is 1. The number of aromatic nitrogens is 1. The lowest BCUT2D eigenvalue weighted by Gasteiger charge is -2.37. The van der Waals surface area contributed by atoms with Gasteiger partial charge in [-0.05, 0) is 72.0 Å². The Morgan fingerprint density at radius 3 is 2.77 bits per heavy atom. The van der Waals surface area contributed by atoms with E-state index in [1.807, 2.05) is 47.4 Å². The van der Waals surface area contributed by atoms with Crippen molar-refractivity contribution in [2.75, 3.05) is 19.7 Å². The molecule has 39 heavy (non-hydrogen) atoms. The van der Waals surface area contributed by atoms with Gasteiger partial charge in [-0.25, -0.2) is 4.98 Å². The van der Waals surface area contributed by atoms with Crippen molar-refractivity contribution < 1.29 is 28.6 Å². The van der Waals surface area contributed by atoms with Gasteiger partial charge in [0, 0.05) is 20.0 Å². The van der Waals surface area contributed by atoms with Gasteiger partial charge in [0.25, 0.3) is 11.8 Å². The van der Waals surface area contributed by atoms with E-state index in [2.05, 4.69) is 10.3 Å². The molecule has 0 fully saturated rings. The van der Waals surface area contributed by atoms with Gasteiger partial charge in [0.2, 0.25) is 0 Å². The highest BCUT2D eigenvalue weighted by atomic mass is 16.5. The second-order valence-electron chi connectivity index (χ2n) is 9.57. The normalized spacial score (nSPS) is 16.9. The van der Waals surface area contributed by atoms with E-state index < -0.39 is 0 Å². The Bertz CT molecular complexity index is 1560. The number of hydrogen-bond donors (Lipinski definition) is 2. The fraction of sp³-hybridized carbons (Fsp3) is 0.233. The average Bonchev–Trinajstić information content (AvgIpc) is 3.38. The van der Waals surface area contributed by atoms with Crippen LogP contribution in [0.2, 0.25) is 0 Å². The van der Waals surface area contributed by atoms with Crippen LogP contribution in [0.3, 0.4) is 0 Å². The molecule has 3 aliphatic rings. The standard InChI is InChI=1S/C30H27N3O6/c1-18-32-26(17-38-18)30(36)33-12-10-19-14-22-6-8-24(19)28(33)20-4-2-5-21(15-20)37-13-3-11-31-29(35)25-16-23(39-22)7-9-27(25)34/h2,4-9,14-17,28,34H,3,10-13H2,1H3,(H,31,35). The molecule has 2 N–H and O–H groups in total. The molecular formula is C30H27N3O6. The minimum Gasteiger partial charge on any atom is -0.507 e. The number of carbonyl (C=O) groups excluding carboxylic acids is 2. The number of carbonyl (C=O) groups is 2. The lowest BCUT2D eigenvalue weighted by molar-refractivity contribution is 0.0687. The first-order chi connectivity index (χ1) is 19.0. The van der Waals surface area contributed by atoms with Gasteiger partial charge in [-0.1, -0.05) is 18.2 Å². The Balaban J connectivity index is 1.43. The quantitative estimate of drug-likeness (QED) is 0.368. The summed E-state index contributed by atoms with van der Waals surface area (Å²) < 4.78 is 17.4. The second kappa shape index (κ2) is 10.2. The average molecular weight is 526 g/mol. The van der Waals surface area contributed by atoms with Crippen LogP contribution in [0.5, 0.6) is 23.0 Å². The van der Waals surface area contributed by atoms with E-state index in [0.717, 1.165) is 16.7 Å². The highest BCUT2D eigenvalue weighted by Crippen LogP contribution is 2.39. The molecule has 1 atom stereocenters. The van der Waals surface area contributed by atoms with Crippen molar-refractivity contribution in [3.8, 4) is 23.0 Å². The number of nitrogens with zero attached hydrogens (tertiary/aromatic N) is 2. The summed E-state index contributed by atoms with van der Waals surface area (Å²) in [5.41, 5.74) is 3.34. The van der Waals surface area contributed by atoms with Gasteiger partial charge in [0.05, 0.1) is 18.2 Å². The number of rotatable bonds is 1. The Hall–Kier alpha value is -4.79. The number of phenolic OH excluding ortho intramolecular Hbond substituents is 1. The zero-order valence-electron chi connectivity index (χ0n) is 21.3. The zero-order valence-corrected chi connectivity index (χ0v) is 21.3. The third kappa shape index (κ3) is 4.90. The summed E-state index contributed by atoms with van der Waals surface area (Å²) in [5.74, 6) is 1.41. The van der Waals surface area contributed by atoms with Crippen LogP contribution in [0.4, 0.5) is 0 Å². The predicted molar refractivity (Wildman–Crippen MR) is 141 cm³/mol. The SMILES string of the molecule is Cc1nc(C(=O)N2CCc3cc4ccc3C2c2cccc(c2)OCCCNC(=O)c2cc(ccc2O)O4)co1. The van der Waals surface area contributed by atoms with E-state index >= 15 is 0 Å². The molecule has 1 unspecified atom stereocenters. The zero-order chi connectivity index (χ0) is 26.9. The van der Waals surface area contributed by atoms with Crippen LogP contribution in [0.1, 0.15) is 55.9 Å². The number of hydrogen-bond acceptors (Lipinski definition) is 7. The number of aromatic hydroxyl groups is 1. The fourth-order valence-corrected chi connectivity index (χ4v) is 5.08. The monoisotopic (exact) mass is 525 g/mol. The number of oxazole rings is 1. The van der Waals surface area contributed by atoms with Crippen molar-refractivity contribution in [3.63, 3.8) is 0 Å². The van der Waals surface area contributed by atoms with E-state index in [4.69, 9.17) is 13.9 Å². The summed E-state index contributed by atoms with van der Waals surface area (Å²) in [4.78, 5) is 32.4. The molecular weight excluding hydrogens is 498 g/mol.